The number of hydrogen-bond acceptors (Lipinski definition) is 9. The molecule has 4 heterocycles. The van der Waals surface area contributed by atoms with Crippen LogP contribution in [0.2, 0.25) is 0 Å². The maximum Gasteiger partial charge on any atom is 0.410 e. The summed E-state index contributed by atoms with van der Waals surface area (Å²) in [6.45, 7) is 10.5. The number of pyridine rings is 1. The van der Waals surface area contributed by atoms with Gasteiger partial charge in [-0.1, -0.05) is 0 Å². The Morgan fingerprint density at radius 3 is 2.44 bits per heavy atom. The van der Waals surface area contributed by atoms with E-state index in [4.69, 9.17) is 15.2 Å². The van der Waals surface area contributed by atoms with E-state index in [0.717, 1.165) is 6.20 Å². The summed E-state index contributed by atoms with van der Waals surface area (Å²) >= 11 is 0. The van der Waals surface area contributed by atoms with E-state index in [-0.39, 0.29) is 41.4 Å². The van der Waals surface area contributed by atoms with E-state index in [1.54, 1.807) is 21.9 Å². The molecule has 0 radical (unpaired) electrons. The van der Waals surface area contributed by atoms with Crippen molar-refractivity contribution < 1.29 is 23.9 Å². The number of amides is 3. The van der Waals surface area contributed by atoms with E-state index in [1.807, 2.05) is 34.6 Å². The molecule has 2 aliphatic heterocycles. The maximum atomic E-state index is 13.4. The number of piperidine rings is 1. The lowest BCUT2D eigenvalue weighted by Crippen LogP contribution is -2.48. The summed E-state index contributed by atoms with van der Waals surface area (Å²) in [5.74, 6) is -0.420. The van der Waals surface area contributed by atoms with Crippen molar-refractivity contribution in [2.75, 3.05) is 18.4 Å². The van der Waals surface area contributed by atoms with Crippen molar-refractivity contribution >= 4 is 29.2 Å². The predicted octanol–water partition coefficient (Wildman–Crippen LogP) is 2.95. The molecule has 0 atom stereocenters. The van der Waals surface area contributed by atoms with Crippen LogP contribution in [0.4, 0.5) is 10.5 Å². The molecule has 12 heteroatoms. The van der Waals surface area contributed by atoms with E-state index in [2.05, 4.69) is 20.3 Å². The second kappa shape index (κ2) is 11.3. The number of aromatic nitrogens is 3. The Morgan fingerprint density at radius 2 is 1.85 bits per heavy atom. The molecule has 2 aromatic rings. The van der Waals surface area contributed by atoms with Crippen LogP contribution >= 0.6 is 0 Å². The molecule has 0 bridgehead atoms. The SMILES string of the molecule is CC(C)Oc1nc2c(cc1NC(=O)/C(=C/N)c1ncccn1)CN(C1CCN(C(=O)OC(C)(C)C)CC1)C2=O. The molecular weight excluding hydrogens is 502 g/mol. The average molecular weight is 538 g/mol. The van der Waals surface area contributed by atoms with E-state index >= 15 is 0 Å². The molecule has 0 saturated carbocycles. The van der Waals surface area contributed by atoms with Crippen molar-refractivity contribution in [3.63, 3.8) is 0 Å². The van der Waals surface area contributed by atoms with Gasteiger partial charge in [-0.15, -0.1) is 0 Å². The normalized spacial score (nSPS) is 16.4. The second-order valence-corrected chi connectivity index (χ2v) is 10.8. The van der Waals surface area contributed by atoms with Gasteiger partial charge in [0.1, 0.15) is 17.0 Å². The number of nitrogens with zero attached hydrogens (tertiary/aromatic N) is 5. The van der Waals surface area contributed by atoms with Crippen molar-refractivity contribution in [3.8, 4) is 5.88 Å². The minimum Gasteiger partial charge on any atom is -0.473 e. The molecule has 3 amide bonds. The van der Waals surface area contributed by atoms with Gasteiger partial charge in [0, 0.05) is 49.8 Å². The molecule has 0 aliphatic carbocycles. The summed E-state index contributed by atoms with van der Waals surface area (Å²) in [4.78, 5) is 55.1. The number of carbonyl (C=O) groups is 3. The molecule has 208 valence electrons. The number of ether oxygens (including phenoxy) is 2. The fourth-order valence-corrected chi connectivity index (χ4v) is 4.50. The zero-order valence-corrected chi connectivity index (χ0v) is 22.9. The van der Waals surface area contributed by atoms with E-state index in [0.29, 0.717) is 49.4 Å². The molecule has 2 aliphatic rings. The zero-order valence-electron chi connectivity index (χ0n) is 22.9. The molecular formula is C27H35N7O5. The lowest BCUT2D eigenvalue weighted by molar-refractivity contribution is -0.111. The lowest BCUT2D eigenvalue weighted by atomic mass is 10.0. The number of likely N-dealkylation sites (tertiary alicyclic amines) is 1. The fraction of sp³-hybridized carbons (Fsp3) is 0.481. The molecule has 3 N–H and O–H groups in total. The van der Waals surface area contributed by atoms with E-state index in [1.165, 1.54) is 12.4 Å². The Labute approximate surface area is 227 Å². The third-order valence-electron chi connectivity index (χ3n) is 6.24. The largest absolute Gasteiger partial charge is 0.473 e. The van der Waals surface area contributed by atoms with Crippen LogP contribution in [0.15, 0.2) is 30.7 Å². The lowest BCUT2D eigenvalue weighted by Gasteiger charge is -2.37. The average Bonchev–Trinajstić information content (AvgIpc) is 3.19. The monoisotopic (exact) mass is 537 g/mol. The van der Waals surface area contributed by atoms with E-state index < -0.39 is 11.5 Å². The molecule has 12 nitrogen and oxygen atoms in total. The number of hydrogen-bond donors (Lipinski definition) is 2. The van der Waals surface area contributed by atoms with Gasteiger partial charge in [0.25, 0.3) is 11.8 Å². The molecule has 0 unspecified atom stereocenters. The van der Waals surface area contributed by atoms with Crippen molar-refractivity contribution in [3.05, 3.63) is 47.8 Å². The number of anilines is 1. The molecule has 39 heavy (non-hydrogen) atoms. The first-order chi connectivity index (χ1) is 18.5. The summed E-state index contributed by atoms with van der Waals surface area (Å²) in [5, 5.41) is 2.80. The van der Waals surface area contributed by atoms with Crippen LogP contribution in [-0.2, 0) is 16.1 Å². The summed E-state index contributed by atoms with van der Waals surface area (Å²) < 4.78 is 11.3. The summed E-state index contributed by atoms with van der Waals surface area (Å²) in [6, 6.07) is 3.30. The van der Waals surface area contributed by atoms with Crippen LogP contribution in [0.25, 0.3) is 5.57 Å². The van der Waals surface area contributed by atoms with E-state index in [9.17, 15) is 14.4 Å². The van der Waals surface area contributed by atoms with Crippen LogP contribution < -0.4 is 15.8 Å². The Bertz CT molecular complexity index is 1270. The van der Waals surface area contributed by atoms with Gasteiger partial charge >= 0.3 is 6.09 Å². The third-order valence-corrected chi connectivity index (χ3v) is 6.24. The maximum absolute atomic E-state index is 13.4. The first-order valence-electron chi connectivity index (χ1n) is 13.0. The van der Waals surface area contributed by atoms with Gasteiger partial charge in [-0.3, -0.25) is 9.59 Å². The molecule has 2 aromatic heterocycles. The smallest absolute Gasteiger partial charge is 0.410 e. The van der Waals surface area contributed by atoms with Gasteiger partial charge in [-0.2, -0.15) is 0 Å². The summed E-state index contributed by atoms with van der Waals surface area (Å²) in [5.41, 5.74) is 6.51. The molecule has 1 fully saturated rings. The highest BCUT2D eigenvalue weighted by atomic mass is 16.6. The predicted molar refractivity (Wildman–Crippen MR) is 144 cm³/mol. The standard InChI is InChI=1S/C27H35N7O5/c1-16(2)38-24-20(31-23(35)19(14-28)22-29-9-6-10-30-22)13-17-15-34(25(36)21(17)32-24)18-7-11-33(12-8-18)26(37)39-27(3,4)5/h6,9-10,13-14,16,18H,7-8,11-12,15,28H2,1-5H3,(H,31,35)/b19-14+. The van der Waals surface area contributed by atoms with Crippen molar-refractivity contribution in [1.82, 2.24) is 24.8 Å². The number of fused-ring (bicyclic) bond motifs is 1. The summed E-state index contributed by atoms with van der Waals surface area (Å²) in [7, 11) is 0. The van der Waals surface area contributed by atoms with Crippen molar-refractivity contribution in [2.45, 2.75) is 71.8 Å². The Morgan fingerprint density at radius 1 is 1.18 bits per heavy atom. The Hall–Kier alpha value is -4.22. The van der Waals surface area contributed by atoms with Gasteiger partial charge in [-0.05, 0) is 59.6 Å². The highest BCUT2D eigenvalue weighted by Crippen LogP contribution is 2.34. The van der Waals surface area contributed by atoms with Gasteiger partial charge in [0.2, 0.25) is 5.88 Å². The number of rotatable bonds is 6. The third kappa shape index (κ3) is 6.44. The molecule has 0 aromatic carbocycles. The topological polar surface area (TPSA) is 153 Å². The highest BCUT2D eigenvalue weighted by molar-refractivity contribution is 6.24. The van der Waals surface area contributed by atoms with Crippen LogP contribution in [0.5, 0.6) is 5.88 Å². The van der Waals surface area contributed by atoms with Gasteiger partial charge < -0.3 is 30.3 Å². The summed E-state index contributed by atoms with van der Waals surface area (Å²) in [6.07, 6.45) is 4.82. The van der Waals surface area contributed by atoms with Crippen LogP contribution in [-0.4, -0.2) is 73.5 Å². The van der Waals surface area contributed by atoms with Crippen LogP contribution in [0.3, 0.4) is 0 Å². The Balaban J connectivity index is 1.51. The van der Waals surface area contributed by atoms with Crippen LogP contribution in [0.1, 0.15) is 69.3 Å². The minimum absolute atomic E-state index is 0.0556. The Kier molecular flexibility index (Phi) is 8.03. The van der Waals surface area contributed by atoms with Crippen molar-refractivity contribution in [1.29, 1.82) is 0 Å². The van der Waals surface area contributed by atoms with Crippen LogP contribution in [0, 0.1) is 0 Å². The quantitative estimate of drug-likeness (QED) is 0.530. The van der Waals surface area contributed by atoms with Crippen molar-refractivity contribution in [2.24, 2.45) is 5.73 Å². The fourth-order valence-electron chi connectivity index (χ4n) is 4.50. The minimum atomic E-state index is -0.566. The molecule has 0 spiro atoms. The van der Waals surface area contributed by atoms with Gasteiger partial charge in [0.05, 0.1) is 11.7 Å². The highest BCUT2D eigenvalue weighted by Gasteiger charge is 2.38. The second-order valence-electron chi connectivity index (χ2n) is 10.8. The van der Waals surface area contributed by atoms with Gasteiger partial charge in [0.15, 0.2) is 5.82 Å². The number of carbonyl (C=O) groups excluding carboxylic acids is 3. The molecule has 4 rings (SSSR count). The van der Waals surface area contributed by atoms with Gasteiger partial charge in [-0.25, -0.2) is 19.7 Å². The first-order valence-corrected chi connectivity index (χ1v) is 13.0. The first kappa shape index (κ1) is 27.8. The zero-order chi connectivity index (χ0) is 28.3. The molecule has 1 saturated heterocycles. The number of nitrogens with two attached hydrogens (primary N) is 1. The number of nitrogens with one attached hydrogen (secondary N) is 1.